The van der Waals surface area contributed by atoms with Crippen LogP contribution in [0.2, 0.25) is 0 Å². The Kier molecular flexibility index (Phi) is 6.04. The molecule has 4 rings (SSSR count). The lowest BCUT2D eigenvalue weighted by Gasteiger charge is -2.42. The molecule has 1 heterocycles. The summed E-state index contributed by atoms with van der Waals surface area (Å²) in [6.07, 6.45) is 7.61. The molecule has 2 aromatic rings. The molecular formula is C23H30N2OS. The number of rotatable bonds is 5. The molecule has 144 valence electrons. The first kappa shape index (κ1) is 18.8. The van der Waals surface area contributed by atoms with Crippen molar-refractivity contribution in [3.05, 3.63) is 42.5 Å². The first-order valence-electron chi connectivity index (χ1n) is 10.3. The van der Waals surface area contributed by atoms with Crippen LogP contribution in [0.5, 0.6) is 0 Å². The van der Waals surface area contributed by atoms with Crippen molar-refractivity contribution in [1.29, 1.82) is 0 Å². The Morgan fingerprint density at radius 2 is 1.78 bits per heavy atom. The summed E-state index contributed by atoms with van der Waals surface area (Å²) in [6.45, 7) is 2.43. The van der Waals surface area contributed by atoms with Gasteiger partial charge in [0.15, 0.2) is 0 Å². The summed E-state index contributed by atoms with van der Waals surface area (Å²) < 4.78 is 0. The van der Waals surface area contributed by atoms with Crippen molar-refractivity contribution >= 4 is 28.4 Å². The van der Waals surface area contributed by atoms with Crippen LogP contribution in [-0.4, -0.2) is 53.7 Å². The van der Waals surface area contributed by atoms with E-state index in [1.165, 1.54) is 60.9 Å². The van der Waals surface area contributed by atoms with Crippen LogP contribution >= 0.6 is 11.8 Å². The zero-order valence-corrected chi connectivity index (χ0v) is 17.1. The number of carbonyl (C=O) groups is 1. The predicted molar refractivity (Wildman–Crippen MR) is 114 cm³/mol. The SMILES string of the molecule is CN(C(=O)CSc1ccc2ccccc2c1)[C@H]1CCCC[C@H]1N1CCCC1. The number of carbonyl (C=O) groups excluding carboxylic acids is 1. The van der Waals surface area contributed by atoms with Crippen LogP contribution in [0.3, 0.4) is 0 Å². The average molecular weight is 383 g/mol. The monoisotopic (exact) mass is 382 g/mol. The highest BCUT2D eigenvalue weighted by Crippen LogP contribution is 2.30. The molecule has 0 unspecified atom stereocenters. The molecule has 1 amide bonds. The minimum Gasteiger partial charge on any atom is -0.340 e. The number of nitrogens with zero attached hydrogens (tertiary/aromatic N) is 2. The summed E-state index contributed by atoms with van der Waals surface area (Å²) in [6, 6.07) is 15.8. The lowest BCUT2D eigenvalue weighted by molar-refractivity contribution is -0.131. The molecule has 2 aromatic carbocycles. The molecule has 0 spiro atoms. The second-order valence-corrected chi connectivity index (χ2v) is 9.01. The van der Waals surface area contributed by atoms with Crippen LogP contribution < -0.4 is 0 Å². The molecule has 1 aliphatic heterocycles. The summed E-state index contributed by atoms with van der Waals surface area (Å²) in [5.41, 5.74) is 0. The summed E-state index contributed by atoms with van der Waals surface area (Å²) >= 11 is 1.66. The van der Waals surface area contributed by atoms with Gasteiger partial charge >= 0.3 is 0 Å². The van der Waals surface area contributed by atoms with Crippen molar-refractivity contribution in [3.8, 4) is 0 Å². The van der Waals surface area contributed by atoms with Crippen LogP contribution in [0.4, 0.5) is 0 Å². The molecule has 2 fully saturated rings. The highest BCUT2D eigenvalue weighted by molar-refractivity contribution is 8.00. The van der Waals surface area contributed by atoms with Crippen molar-refractivity contribution < 1.29 is 4.79 Å². The Bertz CT molecular complexity index is 787. The Balaban J connectivity index is 1.38. The van der Waals surface area contributed by atoms with Crippen LogP contribution in [0.1, 0.15) is 38.5 Å². The number of thioether (sulfide) groups is 1. The highest BCUT2D eigenvalue weighted by Gasteiger charge is 2.35. The first-order valence-corrected chi connectivity index (χ1v) is 11.3. The van der Waals surface area contributed by atoms with Gasteiger partial charge in [-0.15, -0.1) is 11.8 Å². The number of likely N-dealkylation sites (tertiary alicyclic amines) is 1. The zero-order valence-electron chi connectivity index (χ0n) is 16.3. The van der Waals surface area contributed by atoms with E-state index in [0.29, 0.717) is 17.8 Å². The summed E-state index contributed by atoms with van der Waals surface area (Å²) in [7, 11) is 2.03. The van der Waals surface area contributed by atoms with Crippen LogP contribution in [-0.2, 0) is 4.79 Å². The third kappa shape index (κ3) is 4.33. The van der Waals surface area contributed by atoms with E-state index >= 15 is 0 Å². The minimum atomic E-state index is 0.268. The molecule has 0 bridgehead atoms. The second kappa shape index (κ2) is 8.66. The summed E-state index contributed by atoms with van der Waals surface area (Å²) in [5, 5.41) is 2.49. The quantitative estimate of drug-likeness (QED) is 0.694. The van der Waals surface area contributed by atoms with Crippen molar-refractivity contribution in [1.82, 2.24) is 9.80 Å². The maximum absolute atomic E-state index is 12.9. The third-order valence-electron chi connectivity index (χ3n) is 6.28. The molecule has 3 nitrogen and oxygen atoms in total. The molecule has 4 heteroatoms. The fourth-order valence-electron chi connectivity index (χ4n) is 4.73. The van der Waals surface area contributed by atoms with E-state index in [9.17, 15) is 4.79 Å². The molecule has 27 heavy (non-hydrogen) atoms. The largest absolute Gasteiger partial charge is 0.340 e. The van der Waals surface area contributed by atoms with Gasteiger partial charge < -0.3 is 4.90 Å². The predicted octanol–water partition coefficient (Wildman–Crippen LogP) is 4.80. The first-order chi connectivity index (χ1) is 13.2. The lowest BCUT2D eigenvalue weighted by Crippen LogP contribution is -2.53. The van der Waals surface area contributed by atoms with Crippen LogP contribution in [0.25, 0.3) is 10.8 Å². The molecule has 0 N–H and O–H groups in total. The maximum atomic E-state index is 12.9. The van der Waals surface area contributed by atoms with Gasteiger partial charge in [0.1, 0.15) is 0 Å². The van der Waals surface area contributed by atoms with Gasteiger partial charge in [-0.3, -0.25) is 9.69 Å². The van der Waals surface area contributed by atoms with Crippen molar-refractivity contribution in [2.75, 3.05) is 25.9 Å². The molecule has 1 saturated heterocycles. The topological polar surface area (TPSA) is 23.6 Å². The number of likely N-dealkylation sites (N-methyl/N-ethyl adjacent to an activating group) is 1. The van der Waals surface area contributed by atoms with E-state index in [1.807, 2.05) is 7.05 Å². The zero-order chi connectivity index (χ0) is 18.6. The molecule has 2 atom stereocenters. The summed E-state index contributed by atoms with van der Waals surface area (Å²) in [4.78, 5) is 18.8. The fourth-order valence-corrected chi connectivity index (χ4v) is 5.60. The minimum absolute atomic E-state index is 0.268. The third-order valence-corrected chi connectivity index (χ3v) is 7.26. The Labute approximate surface area is 167 Å². The summed E-state index contributed by atoms with van der Waals surface area (Å²) in [5.74, 6) is 0.794. The Hall–Kier alpha value is -1.52. The Morgan fingerprint density at radius 1 is 1.04 bits per heavy atom. The lowest BCUT2D eigenvalue weighted by atomic mass is 9.88. The van der Waals surface area contributed by atoms with Gasteiger partial charge in [0.05, 0.1) is 5.75 Å². The van der Waals surface area contributed by atoms with Gasteiger partial charge in [0.2, 0.25) is 5.91 Å². The van der Waals surface area contributed by atoms with E-state index in [-0.39, 0.29) is 5.91 Å². The van der Waals surface area contributed by atoms with Gasteiger partial charge in [-0.05, 0) is 61.7 Å². The van der Waals surface area contributed by atoms with E-state index in [2.05, 4.69) is 52.3 Å². The fraction of sp³-hybridized carbons (Fsp3) is 0.522. The van der Waals surface area contributed by atoms with Gasteiger partial charge in [-0.2, -0.15) is 0 Å². The smallest absolute Gasteiger partial charge is 0.232 e. The van der Waals surface area contributed by atoms with Gasteiger partial charge in [0, 0.05) is 24.0 Å². The van der Waals surface area contributed by atoms with E-state index in [0.717, 1.165) is 6.42 Å². The highest BCUT2D eigenvalue weighted by atomic mass is 32.2. The van der Waals surface area contributed by atoms with Crippen molar-refractivity contribution in [2.45, 2.75) is 55.5 Å². The Morgan fingerprint density at radius 3 is 2.59 bits per heavy atom. The maximum Gasteiger partial charge on any atom is 0.232 e. The van der Waals surface area contributed by atoms with Crippen LogP contribution in [0, 0.1) is 0 Å². The number of fused-ring (bicyclic) bond motifs is 1. The molecule has 0 radical (unpaired) electrons. The normalized spacial score (nSPS) is 23.6. The standard InChI is InChI=1S/C23H30N2OS/c1-24(21-10-4-5-11-22(21)25-14-6-7-15-25)23(26)17-27-20-13-12-18-8-2-3-9-19(18)16-20/h2-3,8-9,12-13,16,21-22H,4-7,10-11,14-15,17H2,1H3/t21-,22+/m0/s1. The number of amides is 1. The van der Waals surface area contributed by atoms with Crippen LogP contribution in [0.15, 0.2) is 47.4 Å². The van der Waals surface area contributed by atoms with E-state index in [4.69, 9.17) is 0 Å². The molecule has 0 aromatic heterocycles. The second-order valence-electron chi connectivity index (χ2n) is 7.96. The van der Waals surface area contributed by atoms with Crippen molar-refractivity contribution in [3.63, 3.8) is 0 Å². The molecular weight excluding hydrogens is 352 g/mol. The molecule has 2 aliphatic rings. The van der Waals surface area contributed by atoms with Crippen molar-refractivity contribution in [2.24, 2.45) is 0 Å². The number of benzene rings is 2. The molecule has 1 saturated carbocycles. The number of hydrogen-bond acceptors (Lipinski definition) is 3. The number of hydrogen-bond donors (Lipinski definition) is 0. The van der Waals surface area contributed by atoms with E-state index < -0.39 is 0 Å². The van der Waals surface area contributed by atoms with Gasteiger partial charge in [-0.25, -0.2) is 0 Å². The van der Waals surface area contributed by atoms with Gasteiger partial charge in [-0.1, -0.05) is 43.2 Å². The van der Waals surface area contributed by atoms with E-state index in [1.54, 1.807) is 11.8 Å². The average Bonchev–Trinajstić information content (AvgIpc) is 3.26. The molecule has 1 aliphatic carbocycles. The van der Waals surface area contributed by atoms with Gasteiger partial charge in [0.25, 0.3) is 0 Å².